The van der Waals surface area contributed by atoms with E-state index in [1.165, 1.54) is 0 Å². The highest BCUT2D eigenvalue weighted by molar-refractivity contribution is 8.13. The summed E-state index contributed by atoms with van der Waals surface area (Å²) in [7, 11) is 1.39. The van der Waals surface area contributed by atoms with Crippen LogP contribution < -0.4 is 9.47 Å². The first-order valence-corrected chi connectivity index (χ1v) is 6.84. The van der Waals surface area contributed by atoms with Crippen LogP contribution in [0, 0.1) is 10.1 Å². The zero-order valence-electron chi connectivity index (χ0n) is 9.47. The molecule has 0 aliphatic carbocycles. The van der Waals surface area contributed by atoms with Gasteiger partial charge in [0.25, 0.3) is 9.05 Å². The van der Waals surface area contributed by atoms with E-state index in [0.717, 1.165) is 7.11 Å². The van der Waals surface area contributed by atoms with Gasteiger partial charge in [-0.15, -0.1) is 13.2 Å². The lowest BCUT2D eigenvalue weighted by Gasteiger charge is -2.12. The second kappa shape index (κ2) is 5.32. The molecular formula is C8H5ClF3NO6S. The van der Waals surface area contributed by atoms with Crippen LogP contribution in [-0.2, 0) is 9.05 Å². The maximum absolute atomic E-state index is 12.1. The van der Waals surface area contributed by atoms with Crippen LogP contribution in [0.2, 0.25) is 0 Å². The van der Waals surface area contributed by atoms with Crippen molar-refractivity contribution in [1.82, 2.24) is 0 Å². The first-order valence-electron chi connectivity index (χ1n) is 4.53. The van der Waals surface area contributed by atoms with Crippen molar-refractivity contribution in [2.24, 2.45) is 0 Å². The minimum atomic E-state index is -5.20. The van der Waals surface area contributed by atoms with Crippen molar-refractivity contribution in [1.29, 1.82) is 0 Å². The van der Waals surface area contributed by atoms with E-state index in [4.69, 9.17) is 10.7 Å². The molecule has 0 bridgehead atoms. The number of halogens is 4. The van der Waals surface area contributed by atoms with E-state index < -0.39 is 42.4 Å². The van der Waals surface area contributed by atoms with Crippen LogP contribution in [0.1, 0.15) is 0 Å². The van der Waals surface area contributed by atoms with Crippen LogP contribution in [0.15, 0.2) is 17.0 Å². The van der Waals surface area contributed by atoms with E-state index in [2.05, 4.69) is 9.47 Å². The molecular weight excluding hydrogens is 331 g/mol. The smallest absolute Gasteiger partial charge is 0.489 e. The van der Waals surface area contributed by atoms with Gasteiger partial charge >= 0.3 is 12.0 Å². The van der Waals surface area contributed by atoms with Gasteiger partial charge in [-0.2, -0.15) is 0 Å². The van der Waals surface area contributed by atoms with Crippen LogP contribution in [0.5, 0.6) is 11.5 Å². The number of ether oxygens (including phenoxy) is 2. The number of benzene rings is 1. The van der Waals surface area contributed by atoms with Crippen LogP contribution in [0.4, 0.5) is 18.9 Å². The summed E-state index contributed by atoms with van der Waals surface area (Å²) in [6, 6.07) is 1.07. The fourth-order valence-electron chi connectivity index (χ4n) is 1.30. The molecule has 20 heavy (non-hydrogen) atoms. The van der Waals surface area contributed by atoms with Gasteiger partial charge in [-0.05, 0) is 12.1 Å². The Morgan fingerprint density at radius 2 is 1.90 bits per heavy atom. The summed E-state index contributed by atoms with van der Waals surface area (Å²) in [4.78, 5) is 8.69. The molecule has 112 valence electrons. The summed E-state index contributed by atoms with van der Waals surface area (Å²) in [5.74, 6) is -2.17. The highest BCUT2D eigenvalue weighted by Gasteiger charge is 2.38. The number of methoxy groups -OCH3 is 1. The third-order valence-electron chi connectivity index (χ3n) is 1.93. The van der Waals surface area contributed by atoms with E-state index in [-0.39, 0.29) is 0 Å². The van der Waals surface area contributed by atoms with E-state index in [1.54, 1.807) is 0 Å². The van der Waals surface area contributed by atoms with Crippen molar-refractivity contribution in [2.75, 3.05) is 7.11 Å². The average Bonchev–Trinajstić information content (AvgIpc) is 2.23. The topological polar surface area (TPSA) is 95.7 Å². The van der Waals surface area contributed by atoms with Gasteiger partial charge in [-0.25, -0.2) is 8.42 Å². The maximum Gasteiger partial charge on any atom is 0.573 e. The fraction of sp³-hybridized carbons (Fsp3) is 0.250. The quantitative estimate of drug-likeness (QED) is 0.476. The van der Waals surface area contributed by atoms with Gasteiger partial charge in [0.05, 0.1) is 12.0 Å². The van der Waals surface area contributed by atoms with E-state index in [1.807, 2.05) is 0 Å². The summed E-state index contributed by atoms with van der Waals surface area (Å²) < 4.78 is 66.7. The van der Waals surface area contributed by atoms with E-state index in [0.29, 0.717) is 12.1 Å². The minimum Gasteiger partial charge on any atom is -0.489 e. The first kappa shape index (κ1) is 16.3. The second-order valence-electron chi connectivity index (χ2n) is 3.19. The minimum absolute atomic E-state index is 0.462. The normalized spacial score (nSPS) is 12.1. The van der Waals surface area contributed by atoms with Crippen molar-refractivity contribution in [3.8, 4) is 11.5 Å². The summed E-state index contributed by atoms with van der Waals surface area (Å²) in [5.41, 5.74) is -1.30. The molecule has 0 fully saturated rings. The van der Waals surface area contributed by atoms with Crippen LogP contribution in [0.25, 0.3) is 0 Å². The lowest BCUT2D eigenvalue weighted by Crippen LogP contribution is -2.18. The Hall–Kier alpha value is -1.75. The van der Waals surface area contributed by atoms with E-state index in [9.17, 15) is 31.7 Å². The molecule has 0 aliphatic rings. The van der Waals surface area contributed by atoms with Gasteiger partial charge in [0.15, 0.2) is 0 Å². The first-order chi connectivity index (χ1) is 8.97. The number of nitrogens with zero attached hydrogens (tertiary/aromatic N) is 1. The van der Waals surface area contributed by atoms with Crippen LogP contribution in [0.3, 0.4) is 0 Å². The monoisotopic (exact) mass is 335 g/mol. The molecule has 0 unspecified atom stereocenters. The Bertz CT molecular complexity index is 644. The van der Waals surface area contributed by atoms with Crippen molar-refractivity contribution in [3.05, 3.63) is 22.2 Å². The lowest BCUT2D eigenvalue weighted by molar-refractivity contribution is -0.389. The third kappa shape index (κ3) is 3.63. The summed E-state index contributed by atoms with van der Waals surface area (Å²) in [6.07, 6.45) is -5.20. The zero-order valence-corrected chi connectivity index (χ0v) is 11.0. The van der Waals surface area contributed by atoms with Crippen LogP contribution >= 0.6 is 10.7 Å². The van der Waals surface area contributed by atoms with Crippen molar-refractivity contribution < 1.29 is 36.0 Å². The van der Waals surface area contributed by atoms with Gasteiger partial charge in [0, 0.05) is 10.7 Å². The second-order valence-corrected chi connectivity index (χ2v) is 5.72. The van der Waals surface area contributed by atoms with Gasteiger partial charge in [0.2, 0.25) is 11.5 Å². The highest BCUT2D eigenvalue weighted by atomic mass is 35.7. The number of alkyl halides is 3. The SMILES string of the molecule is COc1c(S(=O)(=O)Cl)ccc(OC(F)(F)F)c1[N+](=O)[O-]. The molecule has 1 aromatic rings. The molecule has 0 saturated heterocycles. The number of nitro benzene ring substituents is 1. The van der Waals surface area contributed by atoms with Gasteiger partial charge in [0.1, 0.15) is 4.90 Å². The summed E-state index contributed by atoms with van der Waals surface area (Å²) in [6.45, 7) is 0. The van der Waals surface area contributed by atoms with Crippen molar-refractivity contribution >= 4 is 25.4 Å². The van der Waals surface area contributed by atoms with Gasteiger partial charge in [-0.3, -0.25) is 10.1 Å². The molecule has 0 spiro atoms. The Morgan fingerprint density at radius 1 is 1.35 bits per heavy atom. The van der Waals surface area contributed by atoms with E-state index >= 15 is 0 Å². The zero-order chi connectivity index (χ0) is 15.7. The van der Waals surface area contributed by atoms with Crippen LogP contribution in [-0.4, -0.2) is 26.8 Å². The summed E-state index contributed by atoms with van der Waals surface area (Å²) >= 11 is 0. The molecule has 0 amide bonds. The number of hydrogen-bond donors (Lipinski definition) is 0. The number of rotatable bonds is 4. The molecule has 0 saturated carbocycles. The predicted molar refractivity (Wildman–Crippen MR) is 59.4 cm³/mol. The lowest BCUT2D eigenvalue weighted by atomic mass is 10.2. The Balaban J connectivity index is 3.63. The molecule has 0 radical (unpaired) electrons. The van der Waals surface area contributed by atoms with Gasteiger partial charge in [-0.1, -0.05) is 0 Å². The largest absolute Gasteiger partial charge is 0.573 e. The van der Waals surface area contributed by atoms with Gasteiger partial charge < -0.3 is 9.47 Å². The molecule has 0 atom stereocenters. The molecule has 1 aromatic carbocycles. The number of nitro groups is 1. The molecule has 1 rings (SSSR count). The number of hydrogen-bond acceptors (Lipinski definition) is 6. The Labute approximate surface area is 114 Å². The standard InChI is InChI=1S/C8H5ClF3NO6S/c1-18-7-5(20(9,16)17)3-2-4(6(7)13(14)15)19-8(10,11)12/h2-3H,1H3. The maximum atomic E-state index is 12.1. The molecule has 0 aromatic heterocycles. The molecule has 0 N–H and O–H groups in total. The summed E-state index contributed by atoms with van der Waals surface area (Å²) in [5, 5.41) is 10.8. The van der Waals surface area contributed by atoms with Crippen molar-refractivity contribution in [3.63, 3.8) is 0 Å². The Kier molecular flexibility index (Phi) is 4.34. The molecule has 0 aliphatic heterocycles. The Morgan fingerprint density at radius 3 is 2.25 bits per heavy atom. The van der Waals surface area contributed by atoms with Crippen molar-refractivity contribution in [2.45, 2.75) is 11.3 Å². The molecule has 12 heteroatoms. The predicted octanol–water partition coefficient (Wildman–Crippen LogP) is 2.43. The molecule has 0 heterocycles. The molecule has 7 nitrogen and oxygen atoms in total. The highest BCUT2D eigenvalue weighted by Crippen LogP contribution is 2.43. The average molecular weight is 336 g/mol. The fourth-order valence-corrected chi connectivity index (χ4v) is 2.30. The third-order valence-corrected chi connectivity index (χ3v) is 3.28.